The van der Waals surface area contributed by atoms with Gasteiger partial charge in [-0.25, -0.2) is 8.78 Å². The number of aliphatic carboxylic acids is 1. The van der Waals surface area contributed by atoms with Crippen LogP contribution in [0.2, 0.25) is 0 Å². The molecular weight excluding hydrogens is 558 g/mol. The lowest BCUT2D eigenvalue weighted by Crippen LogP contribution is -2.46. The van der Waals surface area contributed by atoms with Gasteiger partial charge < -0.3 is 24.4 Å². The van der Waals surface area contributed by atoms with Crippen molar-refractivity contribution in [2.75, 3.05) is 11.3 Å². The van der Waals surface area contributed by atoms with E-state index in [9.17, 15) is 36.7 Å². The summed E-state index contributed by atoms with van der Waals surface area (Å²) in [7, 11) is 0. The van der Waals surface area contributed by atoms with Crippen LogP contribution in [0.5, 0.6) is 5.75 Å². The standard InChI is InChI=1S/C24H19F4N3O6S.C2H6/c25-14-9-15(26)22(28)23(21(14)27)37-12-18(32)17(10-20(34)35)29-19(33)11-31-8-4-7-16(24(31)36)30-38-13-5-2-1-3-6-13;1-2/h1-9,17,30H,10-12H2,(H,29,33)(H,34,35);1-2H3. The summed E-state index contributed by atoms with van der Waals surface area (Å²) in [6, 6.07) is 10.2. The Labute approximate surface area is 230 Å². The molecule has 0 aliphatic carbocycles. The first-order valence-electron chi connectivity index (χ1n) is 11.7. The lowest BCUT2D eigenvalue weighted by atomic mass is 10.1. The predicted molar refractivity (Wildman–Crippen MR) is 139 cm³/mol. The number of carbonyl (C=O) groups is 3. The zero-order valence-electron chi connectivity index (χ0n) is 21.3. The summed E-state index contributed by atoms with van der Waals surface area (Å²) in [5.41, 5.74) is -0.443. The number of carboxylic acids is 1. The highest BCUT2D eigenvalue weighted by molar-refractivity contribution is 8.00. The monoisotopic (exact) mass is 583 g/mol. The Morgan fingerprint density at radius 3 is 2.23 bits per heavy atom. The number of hydrogen-bond acceptors (Lipinski definition) is 7. The molecule has 1 amide bonds. The van der Waals surface area contributed by atoms with E-state index in [4.69, 9.17) is 5.11 Å². The van der Waals surface area contributed by atoms with Crippen molar-refractivity contribution < 1.29 is 41.8 Å². The fourth-order valence-electron chi connectivity index (χ4n) is 3.08. The summed E-state index contributed by atoms with van der Waals surface area (Å²) in [6.07, 6.45) is 0.349. The summed E-state index contributed by atoms with van der Waals surface area (Å²) in [6.45, 7) is 2.18. The van der Waals surface area contributed by atoms with Crippen LogP contribution >= 0.6 is 11.9 Å². The fourth-order valence-corrected chi connectivity index (χ4v) is 3.75. The molecule has 1 heterocycles. The van der Waals surface area contributed by atoms with Crippen molar-refractivity contribution in [3.8, 4) is 5.75 Å². The average molecular weight is 584 g/mol. The number of halogens is 4. The number of anilines is 1. The summed E-state index contributed by atoms with van der Waals surface area (Å²) in [4.78, 5) is 49.7. The molecule has 3 aromatic rings. The van der Waals surface area contributed by atoms with Crippen LogP contribution < -0.4 is 20.3 Å². The Kier molecular flexibility index (Phi) is 12.2. The molecule has 0 bridgehead atoms. The van der Waals surface area contributed by atoms with E-state index in [0.29, 0.717) is 0 Å². The Hall–Kier alpha value is -4.33. The fraction of sp³-hybridized carbons (Fsp3) is 0.231. The first-order valence-corrected chi connectivity index (χ1v) is 12.6. The third kappa shape index (κ3) is 8.86. The van der Waals surface area contributed by atoms with Gasteiger partial charge in [-0.05, 0) is 36.2 Å². The minimum atomic E-state index is -1.89. The predicted octanol–water partition coefficient (Wildman–Crippen LogP) is 4.16. The molecule has 0 aliphatic rings. The Morgan fingerprint density at radius 2 is 1.62 bits per heavy atom. The lowest BCUT2D eigenvalue weighted by molar-refractivity contribution is -0.140. The van der Waals surface area contributed by atoms with Gasteiger partial charge in [0.05, 0.1) is 6.42 Å². The maximum absolute atomic E-state index is 13.8. The van der Waals surface area contributed by atoms with Crippen molar-refractivity contribution in [2.45, 2.75) is 37.8 Å². The maximum Gasteiger partial charge on any atom is 0.305 e. The molecule has 2 aromatic carbocycles. The molecule has 1 atom stereocenters. The second kappa shape index (κ2) is 15.3. The molecule has 3 N–H and O–H groups in total. The van der Waals surface area contributed by atoms with Crippen molar-refractivity contribution in [3.05, 3.63) is 88.4 Å². The number of amides is 1. The number of Topliss-reactive ketones (excluding diaryl/α,β-unsaturated/α-hetero) is 1. The number of rotatable bonds is 12. The third-order valence-corrected chi connectivity index (χ3v) is 5.72. The Bertz CT molecular complexity index is 1380. The molecule has 1 unspecified atom stereocenters. The van der Waals surface area contributed by atoms with Gasteiger partial charge in [-0.1, -0.05) is 32.0 Å². The third-order valence-electron chi connectivity index (χ3n) is 4.89. The summed E-state index contributed by atoms with van der Waals surface area (Å²) < 4.78 is 62.6. The van der Waals surface area contributed by atoms with Gasteiger partial charge in [-0.3, -0.25) is 19.2 Å². The number of carbonyl (C=O) groups excluding carboxylic acids is 2. The van der Waals surface area contributed by atoms with E-state index in [1.807, 2.05) is 32.0 Å². The van der Waals surface area contributed by atoms with Gasteiger partial charge in [-0.15, -0.1) is 0 Å². The largest absolute Gasteiger partial charge is 0.481 e. The second-order valence-corrected chi connectivity index (χ2v) is 8.52. The first-order chi connectivity index (χ1) is 19.1. The van der Waals surface area contributed by atoms with Crippen LogP contribution in [0, 0.1) is 23.3 Å². The van der Waals surface area contributed by atoms with E-state index in [2.05, 4.69) is 14.8 Å². The van der Waals surface area contributed by atoms with Gasteiger partial charge in [0.2, 0.25) is 17.5 Å². The maximum atomic E-state index is 13.8. The molecule has 0 saturated carbocycles. The number of carboxylic acid groups (broad SMARTS) is 1. The second-order valence-electron chi connectivity index (χ2n) is 7.64. The molecule has 9 nitrogen and oxygen atoms in total. The van der Waals surface area contributed by atoms with Gasteiger partial charge in [0.1, 0.15) is 24.9 Å². The molecule has 0 saturated heterocycles. The lowest BCUT2D eigenvalue weighted by Gasteiger charge is -2.17. The van der Waals surface area contributed by atoms with E-state index in [0.717, 1.165) is 21.4 Å². The van der Waals surface area contributed by atoms with Gasteiger partial charge in [0.15, 0.2) is 23.2 Å². The highest BCUT2D eigenvalue weighted by Gasteiger charge is 2.27. The van der Waals surface area contributed by atoms with E-state index in [-0.39, 0.29) is 11.8 Å². The first kappa shape index (κ1) is 31.9. The average Bonchev–Trinajstić information content (AvgIpc) is 2.93. The van der Waals surface area contributed by atoms with Crippen molar-refractivity contribution >= 4 is 35.3 Å². The minimum Gasteiger partial charge on any atom is -0.481 e. The number of nitrogens with zero attached hydrogens (tertiary/aromatic N) is 1. The van der Waals surface area contributed by atoms with E-state index in [1.54, 1.807) is 12.1 Å². The summed E-state index contributed by atoms with van der Waals surface area (Å²) in [5.74, 6) is -12.5. The molecular formula is C26H25F4N3O6S. The van der Waals surface area contributed by atoms with Crippen molar-refractivity contribution in [1.82, 2.24) is 9.88 Å². The van der Waals surface area contributed by atoms with Gasteiger partial charge >= 0.3 is 5.97 Å². The molecule has 3 rings (SSSR count). The number of ether oxygens (including phenoxy) is 1. The van der Waals surface area contributed by atoms with E-state index in [1.165, 1.54) is 18.3 Å². The van der Waals surface area contributed by atoms with Crippen LogP contribution in [0.15, 0.2) is 64.4 Å². The normalized spacial score (nSPS) is 11.1. The van der Waals surface area contributed by atoms with Crippen molar-refractivity contribution in [2.24, 2.45) is 0 Å². The smallest absolute Gasteiger partial charge is 0.305 e. The molecule has 0 radical (unpaired) electrons. The number of ketones is 1. The van der Waals surface area contributed by atoms with Gasteiger partial charge in [-0.2, -0.15) is 8.78 Å². The van der Waals surface area contributed by atoms with Crippen LogP contribution in [0.1, 0.15) is 20.3 Å². The summed E-state index contributed by atoms with van der Waals surface area (Å²) in [5, 5.41) is 11.2. The Balaban J connectivity index is 0.00000274. The van der Waals surface area contributed by atoms with Crippen molar-refractivity contribution in [3.63, 3.8) is 0 Å². The molecule has 0 aliphatic heterocycles. The van der Waals surface area contributed by atoms with Gasteiger partial charge in [0, 0.05) is 17.2 Å². The van der Waals surface area contributed by atoms with Crippen LogP contribution in [-0.2, 0) is 20.9 Å². The molecule has 1 aromatic heterocycles. The SMILES string of the molecule is CC.O=C(O)CC(NC(=O)Cn1cccc(NSc2ccccc2)c1=O)C(=O)COc1c(F)c(F)cc(F)c1F. The van der Waals surface area contributed by atoms with Crippen LogP contribution in [0.25, 0.3) is 0 Å². The number of pyridine rings is 1. The van der Waals surface area contributed by atoms with E-state index < -0.39 is 77.9 Å². The zero-order chi connectivity index (χ0) is 29.8. The molecule has 40 heavy (non-hydrogen) atoms. The van der Waals surface area contributed by atoms with Crippen LogP contribution in [-0.4, -0.2) is 40.0 Å². The van der Waals surface area contributed by atoms with Crippen molar-refractivity contribution in [1.29, 1.82) is 0 Å². The number of aromatic nitrogens is 1. The molecule has 214 valence electrons. The highest BCUT2D eigenvalue weighted by atomic mass is 32.2. The van der Waals surface area contributed by atoms with Crippen LogP contribution in [0.3, 0.4) is 0 Å². The van der Waals surface area contributed by atoms with Gasteiger partial charge in [0.25, 0.3) is 5.56 Å². The number of benzene rings is 2. The minimum absolute atomic E-state index is 0.0559. The molecule has 0 fully saturated rings. The summed E-state index contributed by atoms with van der Waals surface area (Å²) >= 11 is 1.16. The number of nitrogens with one attached hydrogen (secondary N) is 2. The van der Waals surface area contributed by atoms with Crippen LogP contribution in [0.4, 0.5) is 23.2 Å². The highest BCUT2D eigenvalue weighted by Crippen LogP contribution is 2.26. The number of hydrogen-bond donors (Lipinski definition) is 3. The zero-order valence-corrected chi connectivity index (χ0v) is 22.1. The quantitative estimate of drug-likeness (QED) is 0.165. The van der Waals surface area contributed by atoms with E-state index >= 15 is 0 Å². The molecule has 14 heteroatoms. The molecule has 0 spiro atoms. The Morgan fingerprint density at radius 1 is 1.00 bits per heavy atom. The topological polar surface area (TPSA) is 127 Å².